The maximum atomic E-state index is 11.3. The summed E-state index contributed by atoms with van der Waals surface area (Å²) in [5, 5.41) is 0.666. The molecule has 0 radical (unpaired) electrons. The lowest BCUT2D eigenvalue weighted by molar-refractivity contribution is -0.178. The second-order valence-electron chi connectivity index (χ2n) is 3.16. The number of hydrogen-bond acceptors (Lipinski definition) is 4. The van der Waals surface area contributed by atoms with E-state index in [1.165, 1.54) is 0 Å². The third-order valence-corrected chi connectivity index (χ3v) is 2.73. The van der Waals surface area contributed by atoms with Crippen molar-refractivity contribution in [2.24, 2.45) is 0 Å². The Morgan fingerprint density at radius 1 is 1.53 bits per heavy atom. The van der Waals surface area contributed by atoms with Gasteiger partial charge in [-0.15, -0.1) is 0 Å². The molecule has 0 aromatic carbocycles. The topological polar surface area (TPSA) is 104 Å². The van der Waals surface area contributed by atoms with Crippen LogP contribution in [0.15, 0.2) is 0 Å². The second-order valence-corrected chi connectivity index (χ2v) is 4.93. The molecule has 1 saturated heterocycles. The predicted molar refractivity (Wildman–Crippen MR) is 48.6 cm³/mol. The van der Waals surface area contributed by atoms with Gasteiger partial charge in [0.25, 0.3) is 11.8 Å². The molecule has 8 heteroatoms. The molecule has 2 amide bonds. The van der Waals surface area contributed by atoms with Crippen LogP contribution in [0.25, 0.3) is 0 Å². The van der Waals surface area contributed by atoms with Crippen LogP contribution in [0.3, 0.4) is 0 Å². The molecule has 15 heavy (non-hydrogen) atoms. The molecule has 0 saturated carbocycles. The maximum absolute atomic E-state index is 11.3. The van der Waals surface area contributed by atoms with E-state index in [2.05, 4.69) is 0 Å². The van der Waals surface area contributed by atoms with Gasteiger partial charge < -0.3 is 9.79 Å². The van der Waals surface area contributed by atoms with E-state index in [1.54, 1.807) is 0 Å². The Balaban J connectivity index is 2.30. The van der Waals surface area contributed by atoms with Crippen LogP contribution in [0, 0.1) is 0 Å². The lowest BCUT2D eigenvalue weighted by Crippen LogP contribution is -2.30. The summed E-state index contributed by atoms with van der Waals surface area (Å²) >= 11 is 0. The summed E-state index contributed by atoms with van der Waals surface area (Å²) in [4.78, 5) is 44.1. The van der Waals surface area contributed by atoms with E-state index in [1.807, 2.05) is 0 Å². The molecule has 1 rings (SSSR count). The minimum Gasteiger partial charge on any atom is -0.324 e. The third-order valence-electron chi connectivity index (χ3n) is 1.83. The van der Waals surface area contributed by atoms with Gasteiger partial charge in [0.15, 0.2) is 0 Å². The van der Waals surface area contributed by atoms with Crippen LogP contribution in [0.5, 0.6) is 0 Å². The van der Waals surface area contributed by atoms with Gasteiger partial charge in [0.05, 0.1) is 19.2 Å². The van der Waals surface area contributed by atoms with E-state index < -0.39 is 19.4 Å². The van der Waals surface area contributed by atoms with Gasteiger partial charge in [-0.2, -0.15) is 5.06 Å². The largest absolute Gasteiger partial charge is 0.325 e. The quantitative estimate of drug-likeness (QED) is 0.646. The van der Waals surface area contributed by atoms with Crippen LogP contribution in [-0.2, 0) is 19.0 Å². The summed E-state index contributed by atoms with van der Waals surface area (Å²) in [6, 6.07) is 0. The van der Waals surface area contributed by atoms with Crippen molar-refractivity contribution in [2.75, 3.05) is 12.8 Å². The number of nitrogens with zero attached hydrogens (tertiary/aromatic N) is 1. The highest BCUT2D eigenvalue weighted by Gasteiger charge is 2.28. The molecular weight excluding hydrogens is 225 g/mol. The van der Waals surface area contributed by atoms with E-state index in [4.69, 9.17) is 14.6 Å². The molecule has 86 valence electrons. The highest BCUT2D eigenvalue weighted by atomic mass is 31.2. The van der Waals surface area contributed by atoms with Crippen LogP contribution >= 0.6 is 7.60 Å². The summed E-state index contributed by atoms with van der Waals surface area (Å²) in [7, 11) is -4.07. The van der Waals surface area contributed by atoms with Crippen molar-refractivity contribution in [2.45, 2.75) is 19.3 Å². The number of hydrogen-bond donors (Lipinski definition) is 2. The fraction of sp³-hybridized carbons (Fsp3) is 0.714. The number of carbonyl (C=O) groups excluding carboxylic acids is 2. The van der Waals surface area contributed by atoms with Crippen LogP contribution < -0.4 is 0 Å². The molecule has 0 bridgehead atoms. The first-order valence-corrected chi connectivity index (χ1v) is 6.23. The lowest BCUT2D eigenvalue weighted by Gasteiger charge is -2.11. The Labute approximate surface area is 86.1 Å². The summed E-state index contributed by atoms with van der Waals surface area (Å²) in [5.74, 6) is -0.956. The van der Waals surface area contributed by atoms with E-state index in [-0.39, 0.29) is 32.0 Å². The van der Waals surface area contributed by atoms with Gasteiger partial charge in [0.1, 0.15) is 0 Å². The number of amides is 2. The van der Waals surface area contributed by atoms with Crippen molar-refractivity contribution in [1.82, 2.24) is 5.06 Å². The Bertz CT molecular complexity index is 311. The van der Waals surface area contributed by atoms with Crippen molar-refractivity contribution in [1.29, 1.82) is 0 Å². The van der Waals surface area contributed by atoms with Gasteiger partial charge in [-0.3, -0.25) is 19.0 Å². The monoisotopic (exact) mass is 237 g/mol. The molecule has 1 aliphatic heterocycles. The zero-order valence-corrected chi connectivity index (χ0v) is 8.85. The highest BCUT2D eigenvalue weighted by molar-refractivity contribution is 7.51. The molecular formula is C7H12NO6P. The minimum atomic E-state index is -4.07. The van der Waals surface area contributed by atoms with Crippen molar-refractivity contribution < 1.29 is 28.8 Å². The van der Waals surface area contributed by atoms with Gasteiger partial charge in [0, 0.05) is 6.42 Å². The van der Waals surface area contributed by atoms with Crippen molar-refractivity contribution in [3.63, 3.8) is 0 Å². The van der Waals surface area contributed by atoms with Crippen molar-refractivity contribution >= 4 is 19.4 Å². The van der Waals surface area contributed by atoms with E-state index >= 15 is 0 Å². The molecule has 0 aliphatic carbocycles. The predicted octanol–water partition coefficient (Wildman–Crippen LogP) is -0.365. The zero-order chi connectivity index (χ0) is 11.5. The summed E-state index contributed by atoms with van der Waals surface area (Å²) in [6.07, 6.45) is -0.252. The normalized spacial score (nSPS) is 17.2. The molecule has 2 N–H and O–H groups in total. The number of imide groups is 1. The van der Waals surface area contributed by atoms with Gasteiger partial charge in [-0.25, -0.2) is 0 Å². The van der Waals surface area contributed by atoms with Crippen LogP contribution in [-0.4, -0.2) is 39.4 Å². The second kappa shape index (κ2) is 4.85. The van der Waals surface area contributed by atoms with Gasteiger partial charge >= 0.3 is 7.60 Å². The smallest absolute Gasteiger partial charge is 0.324 e. The molecule has 0 unspecified atom stereocenters. The SMILES string of the molecule is O=C(CCCP(=O)(O)O)N1OCCC1=O. The van der Waals surface area contributed by atoms with Crippen LogP contribution in [0.1, 0.15) is 19.3 Å². The first-order chi connectivity index (χ1) is 6.90. The fourth-order valence-electron chi connectivity index (χ4n) is 1.15. The molecule has 7 nitrogen and oxygen atoms in total. The Morgan fingerprint density at radius 2 is 2.20 bits per heavy atom. The van der Waals surface area contributed by atoms with E-state index in [0.29, 0.717) is 5.06 Å². The van der Waals surface area contributed by atoms with E-state index in [9.17, 15) is 14.2 Å². The van der Waals surface area contributed by atoms with Crippen LogP contribution in [0.2, 0.25) is 0 Å². The molecule has 1 heterocycles. The number of hydroxylamine groups is 2. The standard InChI is InChI=1S/C7H12NO6P/c9-6(2-1-5-15(11,12)13)8-7(10)3-4-14-8/h1-5H2,(H2,11,12,13). The fourth-order valence-corrected chi connectivity index (χ4v) is 1.72. The van der Waals surface area contributed by atoms with Gasteiger partial charge in [-0.1, -0.05) is 0 Å². The summed E-state index contributed by atoms with van der Waals surface area (Å²) in [5.41, 5.74) is 0. The maximum Gasteiger partial charge on any atom is 0.325 e. The minimum absolute atomic E-state index is 0.0379. The van der Waals surface area contributed by atoms with Crippen LogP contribution in [0.4, 0.5) is 0 Å². The van der Waals surface area contributed by atoms with Crippen molar-refractivity contribution in [3.05, 3.63) is 0 Å². The average molecular weight is 237 g/mol. The van der Waals surface area contributed by atoms with E-state index in [0.717, 1.165) is 0 Å². The van der Waals surface area contributed by atoms with Gasteiger partial charge in [-0.05, 0) is 6.42 Å². The number of carbonyl (C=O) groups is 2. The Hall–Kier alpha value is -0.750. The molecule has 0 aromatic rings. The highest BCUT2D eigenvalue weighted by Crippen LogP contribution is 2.35. The third kappa shape index (κ3) is 4.09. The summed E-state index contributed by atoms with van der Waals surface area (Å²) in [6.45, 7) is 0.184. The lowest BCUT2D eigenvalue weighted by atomic mass is 10.3. The molecule has 1 fully saturated rings. The Kier molecular flexibility index (Phi) is 3.98. The average Bonchev–Trinajstić information content (AvgIpc) is 2.48. The molecule has 0 atom stereocenters. The molecule has 0 spiro atoms. The first kappa shape index (κ1) is 12.3. The molecule has 0 aromatic heterocycles. The van der Waals surface area contributed by atoms with Crippen molar-refractivity contribution in [3.8, 4) is 0 Å². The molecule has 1 aliphatic rings. The first-order valence-electron chi connectivity index (χ1n) is 4.43. The summed E-state index contributed by atoms with van der Waals surface area (Å²) < 4.78 is 10.5. The zero-order valence-electron chi connectivity index (χ0n) is 7.96. The van der Waals surface area contributed by atoms with Gasteiger partial charge in [0.2, 0.25) is 0 Å². The Morgan fingerprint density at radius 3 is 2.67 bits per heavy atom. The number of rotatable bonds is 4.